The Morgan fingerprint density at radius 3 is 2.48 bits per heavy atom. The molecule has 1 N–H and O–H groups in total. The molecule has 154 valence electrons. The highest BCUT2D eigenvalue weighted by atomic mass is 35.5. The van der Waals surface area contributed by atoms with Crippen molar-refractivity contribution in [2.24, 2.45) is 0 Å². The Labute approximate surface area is 186 Å². The van der Waals surface area contributed by atoms with E-state index >= 15 is 0 Å². The Balaban J connectivity index is 0.00000240. The first-order valence-corrected chi connectivity index (χ1v) is 10.1. The molecule has 2 aromatic carbocycles. The molecule has 4 nitrogen and oxygen atoms in total. The standard InChI is InChI=1S/C22H21Cl2NO3.ClH/c23-18-2-1-3-19(24)16(18)6-4-15-5-7-17-20(12-15)28-14-22(17)8-10-25(11-9-22)13-21(26)27;/h1-7,12H,8-11,13-14H2,(H,26,27);1H. The van der Waals surface area contributed by atoms with Gasteiger partial charge in [-0.1, -0.05) is 53.6 Å². The summed E-state index contributed by atoms with van der Waals surface area (Å²) >= 11 is 12.5. The molecule has 2 aromatic rings. The van der Waals surface area contributed by atoms with Crippen LogP contribution in [0.25, 0.3) is 12.2 Å². The third kappa shape index (κ3) is 4.56. The average molecular weight is 455 g/mol. The summed E-state index contributed by atoms with van der Waals surface area (Å²) in [4.78, 5) is 12.9. The lowest BCUT2D eigenvalue weighted by Crippen LogP contribution is -2.45. The van der Waals surface area contributed by atoms with Crippen molar-refractivity contribution in [1.29, 1.82) is 0 Å². The maximum atomic E-state index is 10.9. The van der Waals surface area contributed by atoms with Crippen molar-refractivity contribution in [1.82, 2.24) is 4.90 Å². The van der Waals surface area contributed by atoms with Crippen LogP contribution >= 0.6 is 35.6 Å². The van der Waals surface area contributed by atoms with E-state index in [1.807, 2.05) is 35.3 Å². The molecule has 0 bridgehead atoms. The number of aliphatic carboxylic acids is 1. The number of benzene rings is 2. The zero-order chi connectivity index (χ0) is 19.7. The third-order valence-electron chi connectivity index (χ3n) is 5.70. The SMILES string of the molecule is Cl.O=C(O)CN1CCC2(CC1)COc1cc(C=Cc3c(Cl)cccc3Cl)ccc12. The number of rotatable bonds is 4. The molecular formula is C22H22Cl3NO3. The molecule has 0 atom stereocenters. The zero-order valence-electron chi connectivity index (χ0n) is 15.7. The molecule has 29 heavy (non-hydrogen) atoms. The van der Waals surface area contributed by atoms with Crippen LogP contribution in [-0.2, 0) is 10.2 Å². The Hall–Kier alpha value is -1.72. The zero-order valence-corrected chi connectivity index (χ0v) is 18.1. The van der Waals surface area contributed by atoms with Crippen molar-refractivity contribution in [2.45, 2.75) is 18.3 Å². The fourth-order valence-electron chi connectivity index (χ4n) is 4.09. The monoisotopic (exact) mass is 453 g/mol. The van der Waals surface area contributed by atoms with E-state index in [-0.39, 0.29) is 24.4 Å². The van der Waals surface area contributed by atoms with Crippen LogP contribution < -0.4 is 4.74 Å². The van der Waals surface area contributed by atoms with Gasteiger partial charge >= 0.3 is 5.97 Å². The summed E-state index contributed by atoms with van der Waals surface area (Å²) in [6, 6.07) is 11.7. The quantitative estimate of drug-likeness (QED) is 0.629. The number of fused-ring (bicyclic) bond motifs is 2. The molecule has 2 heterocycles. The topological polar surface area (TPSA) is 49.8 Å². The maximum absolute atomic E-state index is 10.9. The van der Waals surface area contributed by atoms with Gasteiger partial charge in [0.1, 0.15) is 5.75 Å². The fraction of sp³-hybridized carbons (Fsp3) is 0.318. The Morgan fingerprint density at radius 1 is 1.14 bits per heavy atom. The molecule has 0 saturated carbocycles. The molecule has 0 unspecified atom stereocenters. The van der Waals surface area contributed by atoms with Gasteiger partial charge in [-0.15, -0.1) is 12.4 Å². The van der Waals surface area contributed by atoms with Gasteiger partial charge in [0.05, 0.1) is 13.2 Å². The minimum Gasteiger partial charge on any atom is -0.492 e. The molecule has 1 saturated heterocycles. The molecule has 0 aromatic heterocycles. The number of hydrogen-bond acceptors (Lipinski definition) is 3. The second-order valence-corrected chi connectivity index (χ2v) is 8.28. The van der Waals surface area contributed by atoms with E-state index in [2.05, 4.69) is 18.2 Å². The fourth-order valence-corrected chi connectivity index (χ4v) is 4.61. The number of carboxylic acid groups (broad SMARTS) is 1. The summed E-state index contributed by atoms with van der Waals surface area (Å²) in [7, 11) is 0. The average Bonchev–Trinajstić information content (AvgIpc) is 3.01. The lowest BCUT2D eigenvalue weighted by atomic mass is 9.74. The minimum atomic E-state index is -0.769. The van der Waals surface area contributed by atoms with E-state index in [1.165, 1.54) is 5.56 Å². The van der Waals surface area contributed by atoms with Crippen LogP contribution in [0.1, 0.15) is 29.5 Å². The van der Waals surface area contributed by atoms with E-state index in [4.69, 9.17) is 33.0 Å². The molecule has 1 fully saturated rings. The molecule has 4 rings (SSSR count). The first kappa shape index (κ1) is 22.0. The van der Waals surface area contributed by atoms with Gasteiger partial charge in [-0.3, -0.25) is 9.69 Å². The second-order valence-electron chi connectivity index (χ2n) is 7.46. The van der Waals surface area contributed by atoms with Gasteiger partial charge in [0.15, 0.2) is 0 Å². The molecule has 2 aliphatic rings. The van der Waals surface area contributed by atoms with Crippen molar-refractivity contribution >= 4 is 53.7 Å². The highest BCUT2D eigenvalue weighted by Gasteiger charge is 2.43. The summed E-state index contributed by atoms with van der Waals surface area (Å²) < 4.78 is 6.03. The van der Waals surface area contributed by atoms with Gasteiger partial charge in [-0.25, -0.2) is 0 Å². The van der Waals surface area contributed by atoms with Crippen molar-refractivity contribution in [3.05, 3.63) is 63.1 Å². The van der Waals surface area contributed by atoms with Gasteiger partial charge in [0, 0.05) is 26.6 Å². The number of ether oxygens (including phenoxy) is 1. The number of carboxylic acids is 1. The molecule has 0 radical (unpaired) electrons. The van der Waals surface area contributed by atoms with Crippen LogP contribution in [0.5, 0.6) is 5.75 Å². The molecule has 7 heteroatoms. The van der Waals surface area contributed by atoms with Gasteiger partial charge in [-0.2, -0.15) is 0 Å². The summed E-state index contributed by atoms with van der Waals surface area (Å²) in [5.74, 6) is 0.146. The molecule has 0 aliphatic carbocycles. The maximum Gasteiger partial charge on any atom is 0.317 e. The van der Waals surface area contributed by atoms with Crippen LogP contribution in [-0.4, -0.2) is 42.2 Å². The first-order valence-electron chi connectivity index (χ1n) is 9.30. The van der Waals surface area contributed by atoms with Gasteiger partial charge in [0.25, 0.3) is 0 Å². The molecule has 0 amide bonds. The van der Waals surface area contributed by atoms with Gasteiger partial charge in [0.2, 0.25) is 0 Å². The summed E-state index contributed by atoms with van der Waals surface area (Å²) in [5.41, 5.74) is 3.05. The number of carbonyl (C=O) groups is 1. The Kier molecular flexibility index (Phi) is 6.79. The molecule has 1 spiro atoms. The van der Waals surface area contributed by atoms with E-state index in [1.54, 1.807) is 0 Å². The first-order chi connectivity index (χ1) is 13.5. The number of hydrogen-bond donors (Lipinski definition) is 1. The van der Waals surface area contributed by atoms with E-state index in [0.29, 0.717) is 16.7 Å². The lowest BCUT2D eigenvalue weighted by Gasteiger charge is -2.37. The van der Waals surface area contributed by atoms with Crippen molar-refractivity contribution in [3.8, 4) is 5.75 Å². The van der Waals surface area contributed by atoms with Crippen molar-refractivity contribution in [2.75, 3.05) is 26.2 Å². The van der Waals surface area contributed by atoms with Gasteiger partial charge < -0.3 is 9.84 Å². The molecule has 2 aliphatic heterocycles. The van der Waals surface area contributed by atoms with Crippen LogP contribution in [0.15, 0.2) is 36.4 Å². The Bertz CT molecular complexity index is 917. The summed E-state index contributed by atoms with van der Waals surface area (Å²) in [6.45, 7) is 2.33. The van der Waals surface area contributed by atoms with Crippen molar-refractivity contribution < 1.29 is 14.6 Å². The predicted octanol–water partition coefficient (Wildman–Crippen LogP) is 5.40. The van der Waals surface area contributed by atoms with Crippen LogP contribution in [0.3, 0.4) is 0 Å². The lowest BCUT2D eigenvalue weighted by molar-refractivity contribution is -0.138. The minimum absolute atomic E-state index is 0. The highest BCUT2D eigenvalue weighted by molar-refractivity contribution is 6.37. The largest absolute Gasteiger partial charge is 0.492 e. The smallest absolute Gasteiger partial charge is 0.317 e. The van der Waals surface area contributed by atoms with Crippen LogP contribution in [0.4, 0.5) is 0 Å². The van der Waals surface area contributed by atoms with E-state index in [0.717, 1.165) is 42.8 Å². The summed E-state index contributed by atoms with van der Waals surface area (Å²) in [6.07, 6.45) is 5.73. The second kappa shape index (κ2) is 8.97. The van der Waals surface area contributed by atoms with E-state index in [9.17, 15) is 4.79 Å². The molecular weight excluding hydrogens is 433 g/mol. The van der Waals surface area contributed by atoms with Gasteiger partial charge in [-0.05, 0) is 49.7 Å². The predicted molar refractivity (Wildman–Crippen MR) is 120 cm³/mol. The highest BCUT2D eigenvalue weighted by Crippen LogP contribution is 2.46. The number of likely N-dealkylation sites (tertiary alicyclic amines) is 1. The number of piperidine rings is 1. The van der Waals surface area contributed by atoms with Crippen molar-refractivity contribution in [3.63, 3.8) is 0 Å². The Morgan fingerprint density at radius 2 is 1.83 bits per heavy atom. The van der Waals surface area contributed by atoms with Crippen LogP contribution in [0.2, 0.25) is 10.0 Å². The van der Waals surface area contributed by atoms with Crippen LogP contribution in [0, 0.1) is 0 Å². The summed E-state index contributed by atoms with van der Waals surface area (Å²) in [5, 5.41) is 10.2. The third-order valence-corrected chi connectivity index (χ3v) is 6.35. The number of nitrogens with zero attached hydrogens (tertiary/aromatic N) is 1. The normalized spacial score (nSPS) is 17.7. The number of halogens is 3. The van der Waals surface area contributed by atoms with E-state index < -0.39 is 5.97 Å².